The summed E-state index contributed by atoms with van der Waals surface area (Å²) < 4.78 is 1.07. The molecular formula is C14H13IN2O. The Morgan fingerprint density at radius 2 is 1.94 bits per heavy atom. The predicted octanol–water partition coefficient (Wildman–Crippen LogP) is 3.75. The number of para-hydroxylation sites is 1. The number of anilines is 1. The molecule has 92 valence electrons. The van der Waals surface area contributed by atoms with Crippen LogP contribution in [0.5, 0.6) is 5.75 Å². The Morgan fingerprint density at radius 3 is 2.67 bits per heavy atom. The van der Waals surface area contributed by atoms with Crippen LogP contribution >= 0.6 is 22.6 Å². The van der Waals surface area contributed by atoms with Crippen molar-refractivity contribution < 1.29 is 5.11 Å². The van der Waals surface area contributed by atoms with E-state index in [1.807, 2.05) is 49.4 Å². The summed E-state index contributed by atoms with van der Waals surface area (Å²) in [6, 6.07) is 13.5. The maximum atomic E-state index is 9.90. The number of hydrogen-bond donors (Lipinski definition) is 2. The van der Waals surface area contributed by atoms with Crippen LogP contribution in [0.15, 0.2) is 47.6 Å². The van der Waals surface area contributed by atoms with E-state index in [0.717, 1.165) is 14.8 Å². The summed E-state index contributed by atoms with van der Waals surface area (Å²) in [5.74, 6) is 0.272. The van der Waals surface area contributed by atoms with Gasteiger partial charge < -0.3 is 5.11 Å². The van der Waals surface area contributed by atoms with Crippen molar-refractivity contribution in [3.63, 3.8) is 0 Å². The molecule has 0 saturated carbocycles. The van der Waals surface area contributed by atoms with Gasteiger partial charge in [-0.3, -0.25) is 5.43 Å². The molecule has 0 atom stereocenters. The maximum Gasteiger partial charge on any atom is 0.127 e. The summed E-state index contributed by atoms with van der Waals surface area (Å²) in [4.78, 5) is 0. The third-order valence-electron chi connectivity index (χ3n) is 2.47. The Hall–Kier alpha value is -1.56. The van der Waals surface area contributed by atoms with Gasteiger partial charge in [0, 0.05) is 9.13 Å². The number of nitrogens with one attached hydrogen (secondary N) is 1. The first-order valence-electron chi connectivity index (χ1n) is 5.50. The Kier molecular flexibility index (Phi) is 4.19. The minimum absolute atomic E-state index is 0.272. The molecule has 0 spiro atoms. The first-order chi connectivity index (χ1) is 8.66. The molecule has 2 aromatic rings. The van der Waals surface area contributed by atoms with E-state index in [9.17, 15) is 5.11 Å². The quantitative estimate of drug-likeness (QED) is 0.502. The van der Waals surface area contributed by atoms with E-state index >= 15 is 0 Å². The van der Waals surface area contributed by atoms with E-state index in [0.29, 0.717) is 5.56 Å². The first kappa shape index (κ1) is 12.9. The molecule has 2 N–H and O–H groups in total. The van der Waals surface area contributed by atoms with Crippen LogP contribution < -0.4 is 5.43 Å². The Bertz CT molecular complexity index is 568. The lowest BCUT2D eigenvalue weighted by Gasteiger charge is -2.04. The summed E-state index contributed by atoms with van der Waals surface area (Å²) >= 11 is 2.22. The van der Waals surface area contributed by atoms with Crippen molar-refractivity contribution >= 4 is 34.5 Å². The standard InChI is InChI=1S/C14H13IN2O/c1-10-7-12(15)8-11(14(10)18)9-16-17-13-5-3-2-4-6-13/h2-9,17-18H,1H3. The fraction of sp³-hybridized carbons (Fsp3) is 0.0714. The summed E-state index contributed by atoms with van der Waals surface area (Å²) in [7, 11) is 0. The van der Waals surface area contributed by atoms with Gasteiger partial charge in [-0.15, -0.1) is 0 Å². The van der Waals surface area contributed by atoms with E-state index in [2.05, 4.69) is 33.1 Å². The highest BCUT2D eigenvalue weighted by Crippen LogP contribution is 2.23. The van der Waals surface area contributed by atoms with Crippen LogP contribution in [-0.2, 0) is 0 Å². The molecule has 0 unspecified atom stereocenters. The number of halogens is 1. The number of nitrogens with zero attached hydrogens (tertiary/aromatic N) is 1. The number of rotatable bonds is 3. The highest BCUT2D eigenvalue weighted by atomic mass is 127. The number of hydrazone groups is 1. The molecule has 4 heteroatoms. The minimum Gasteiger partial charge on any atom is -0.507 e. The zero-order valence-electron chi connectivity index (χ0n) is 9.89. The van der Waals surface area contributed by atoms with Crippen molar-refractivity contribution in [3.8, 4) is 5.75 Å². The molecule has 18 heavy (non-hydrogen) atoms. The van der Waals surface area contributed by atoms with Crippen molar-refractivity contribution in [1.82, 2.24) is 0 Å². The van der Waals surface area contributed by atoms with Gasteiger partial charge in [-0.05, 0) is 59.3 Å². The van der Waals surface area contributed by atoms with Crippen LogP contribution in [0.3, 0.4) is 0 Å². The molecular weight excluding hydrogens is 339 g/mol. The lowest BCUT2D eigenvalue weighted by Crippen LogP contribution is -1.92. The van der Waals surface area contributed by atoms with Crippen molar-refractivity contribution in [1.29, 1.82) is 0 Å². The number of aryl methyl sites for hydroxylation is 1. The van der Waals surface area contributed by atoms with Crippen LogP contribution in [0.2, 0.25) is 0 Å². The number of benzene rings is 2. The number of phenols is 1. The molecule has 0 bridgehead atoms. The molecule has 0 amide bonds. The van der Waals surface area contributed by atoms with Crippen LogP contribution in [0.1, 0.15) is 11.1 Å². The molecule has 0 saturated heterocycles. The van der Waals surface area contributed by atoms with Gasteiger partial charge in [0.1, 0.15) is 5.75 Å². The summed E-state index contributed by atoms with van der Waals surface area (Å²) in [5, 5.41) is 14.0. The molecule has 0 heterocycles. The van der Waals surface area contributed by atoms with Gasteiger partial charge in [-0.2, -0.15) is 5.10 Å². The third-order valence-corrected chi connectivity index (χ3v) is 3.09. The SMILES string of the molecule is Cc1cc(I)cc(C=NNc2ccccc2)c1O. The van der Waals surface area contributed by atoms with Gasteiger partial charge in [0.05, 0.1) is 11.9 Å². The fourth-order valence-electron chi connectivity index (χ4n) is 1.55. The molecule has 0 radical (unpaired) electrons. The average Bonchev–Trinajstić information content (AvgIpc) is 2.36. The smallest absolute Gasteiger partial charge is 0.127 e. The number of phenolic OH excluding ortho intramolecular Hbond substituents is 1. The summed E-state index contributed by atoms with van der Waals surface area (Å²) in [6.07, 6.45) is 1.62. The monoisotopic (exact) mass is 352 g/mol. The maximum absolute atomic E-state index is 9.90. The zero-order valence-corrected chi connectivity index (χ0v) is 12.0. The first-order valence-corrected chi connectivity index (χ1v) is 6.58. The lowest BCUT2D eigenvalue weighted by molar-refractivity contribution is 0.470. The third kappa shape index (κ3) is 3.22. The molecule has 0 aliphatic rings. The Labute approximate surface area is 120 Å². The lowest BCUT2D eigenvalue weighted by atomic mass is 10.1. The number of aromatic hydroxyl groups is 1. The molecule has 3 nitrogen and oxygen atoms in total. The fourth-order valence-corrected chi connectivity index (χ4v) is 2.35. The highest BCUT2D eigenvalue weighted by Gasteiger charge is 2.03. The average molecular weight is 352 g/mol. The Morgan fingerprint density at radius 1 is 1.22 bits per heavy atom. The van der Waals surface area contributed by atoms with Crippen LogP contribution in [-0.4, -0.2) is 11.3 Å². The van der Waals surface area contributed by atoms with E-state index in [4.69, 9.17) is 0 Å². The van der Waals surface area contributed by atoms with Crippen molar-refractivity contribution in [3.05, 3.63) is 57.2 Å². The van der Waals surface area contributed by atoms with E-state index in [-0.39, 0.29) is 5.75 Å². The van der Waals surface area contributed by atoms with Gasteiger partial charge in [-0.25, -0.2) is 0 Å². The van der Waals surface area contributed by atoms with E-state index in [1.165, 1.54) is 0 Å². The van der Waals surface area contributed by atoms with Crippen LogP contribution in [0, 0.1) is 10.5 Å². The summed E-state index contributed by atoms with van der Waals surface area (Å²) in [5.41, 5.74) is 5.39. The molecule has 0 aromatic heterocycles. The minimum atomic E-state index is 0.272. The second-order valence-corrected chi connectivity index (χ2v) is 5.14. The van der Waals surface area contributed by atoms with Gasteiger partial charge in [0.2, 0.25) is 0 Å². The number of hydrogen-bond acceptors (Lipinski definition) is 3. The van der Waals surface area contributed by atoms with Gasteiger partial charge in [0.25, 0.3) is 0 Å². The molecule has 0 fully saturated rings. The largest absolute Gasteiger partial charge is 0.507 e. The highest BCUT2D eigenvalue weighted by molar-refractivity contribution is 14.1. The van der Waals surface area contributed by atoms with E-state index in [1.54, 1.807) is 6.21 Å². The van der Waals surface area contributed by atoms with Gasteiger partial charge >= 0.3 is 0 Å². The summed E-state index contributed by atoms with van der Waals surface area (Å²) in [6.45, 7) is 1.87. The molecule has 2 rings (SSSR count). The normalized spacial score (nSPS) is 10.8. The molecule has 0 aliphatic heterocycles. The van der Waals surface area contributed by atoms with Crippen LogP contribution in [0.4, 0.5) is 5.69 Å². The van der Waals surface area contributed by atoms with Gasteiger partial charge in [0.15, 0.2) is 0 Å². The molecule has 0 aliphatic carbocycles. The molecule has 2 aromatic carbocycles. The second kappa shape index (κ2) is 5.86. The predicted molar refractivity (Wildman–Crippen MR) is 83.2 cm³/mol. The van der Waals surface area contributed by atoms with E-state index < -0.39 is 0 Å². The topological polar surface area (TPSA) is 44.6 Å². The van der Waals surface area contributed by atoms with Crippen molar-refractivity contribution in [2.24, 2.45) is 5.10 Å². The zero-order chi connectivity index (χ0) is 13.0. The van der Waals surface area contributed by atoms with Crippen LogP contribution in [0.25, 0.3) is 0 Å². The van der Waals surface area contributed by atoms with Crippen molar-refractivity contribution in [2.45, 2.75) is 6.92 Å². The van der Waals surface area contributed by atoms with Crippen molar-refractivity contribution in [2.75, 3.05) is 5.43 Å². The van der Waals surface area contributed by atoms with Gasteiger partial charge in [-0.1, -0.05) is 18.2 Å². The second-order valence-electron chi connectivity index (χ2n) is 3.90. The Balaban J connectivity index is 2.15.